The van der Waals surface area contributed by atoms with Crippen molar-refractivity contribution in [2.45, 2.75) is 6.92 Å². The molecule has 0 radical (unpaired) electrons. The maximum absolute atomic E-state index is 11.7. The summed E-state index contributed by atoms with van der Waals surface area (Å²) < 4.78 is 10.6. The Labute approximate surface area is 120 Å². The number of rotatable bonds is 5. The van der Waals surface area contributed by atoms with E-state index in [2.05, 4.69) is 15.5 Å². The maximum Gasteiger partial charge on any atom is 0.247 e. The monoisotopic (exact) mass is 293 g/mol. The molecule has 2 rings (SSSR count). The Kier molecular flexibility index (Phi) is 4.62. The van der Waals surface area contributed by atoms with Gasteiger partial charge < -0.3 is 14.5 Å². The fraction of sp³-hybridized carbons (Fsp3) is 0.308. The van der Waals surface area contributed by atoms with Gasteiger partial charge in [0.25, 0.3) is 0 Å². The molecule has 1 aromatic carbocycles. The Morgan fingerprint density at radius 3 is 2.85 bits per heavy atom. The van der Waals surface area contributed by atoms with Crippen molar-refractivity contribution in [3.05, 3.63) is 24.1 Å². The zero-order valence-electron chi connectivity index (χ0n) is 11.5. The minimum absolute atomic E-state index is 0.0883. The first kappa shape index (κ1) is 14.4. The van der Waals surface area contributed by atoms with Gasteiger partial charge in [0.15, 0.2) is 0 Å². The van der Waals surface area contributed by atoms with Gasteiger partial charge in [-0.3, -0.25) is 4.79 Å². The van der Waals surface area contributed by atoms with E-state index in [1.54, 1.807) is 32.2 Å². The smallest absolute Gasteiger partial charge is 0.247 e. The van der Waals surface area contributed by atoms with E-state index in [1.807, 2.05) is 6.26 Å². The molecule has 0 aliphatic rings. The predicted octanol–water partition coefficient (Wildman–Crippen LogP) is 2.36. The number of ether oxygens (including phenoxy) is 1. The van der Waals surface area contributed by atoms with Crippen molar-refractivity contribution in [1.82, 2.24) is 10.2 Å². The van der Waals surface area contributed by atoms with Gasteiger partial charge in [-0.1, -0.05) is 0 Å². The number of benzene rings is 1. The number of hydrogen-bond donors (Lipinski definition) is 1. The molecule has 1 heterocycles. The van der Waals surface area contributed by atoms with E-state index in [0.29, 0.717) is 29.0 Å². The Morgan fingerprint density at radius 2 is 2.25 bits per heavy atom. The standard InChI is InChI=1S/C13H15N3O3S/c1-8-15-16-13(19-8)9-4-5-11(18-2)10(6-9)14-12(17)7-20-3/h4-6H,7H2,1-3H3,(H,14,17). The van der Waals surface area contributed by atoms with E-state index < -0.39 is 0 Å². The number of amides is 1. The lowest BCUT2D eigenvalue weighted by Crippen LogP contribution is -2.14. The molecule has 2 aromatic rings. The quantitative estimate of drug-likeness (QED) is 0.912. The van der Waals surface area contributed by atoms with Crippen molar-refractivity contribution in [2.24, 2.45) is 0 Å². The van der Waals surface area contributed by atoms with Crippen LogP contribution in [0, 0.1) is 6.92 Å². The molecule has 0 aliphatic heterocycles. The highest BCUT2D eigenvalue weighted by molar-refractivity contribution is 7.99. The van der Waals surface area contributed by atoms with Crippen molar-refractivity contribution in [1.29, 1.82) is 0 Å². The summed E-state index contributed by atoms with van der Waals surface area (Å²) in [6.45, 7) is 1.72. The fourth-order valence-corrected chi connectivity index (χ4v) is 2.00. The lowest BCUT2D eigenvalue weighted by molar-refractivity contribution is -0.113. The molecule has 0 fully saturated rings. The molecule has 0 saturated carbocycles. The summed E-state index contributed by atoms with van der Waals surface area (Å²) in [5.41, 5.74) is 1.31. The van der Waals surface area contributed by atoms with E-state index in [9.17, 15) is 4.79 Å². The molecule has 0 bridgehead atoms. The lowest BCUT2D eigenvalue weighted by Gasteiger charge is -2.10. The van der Waals surface area contributed by atoms with Crippen LogP contribution in [0.2, 0.25) is 0 Å². The van der Waals surface area contributed by atoms with Crippen LogP contribution in [0.1, 0.15) is 5.89 Å². The first-order chi connectivity index (χ1) is 9.63. The number of anilines is 1. The first-order valence-corrected chi connectivity index (χ1v) is 7.30. The third kappa shape index (κ3) is 3.30. The van der Waals surface area contributed by atoms with Crippen LogP contribution >= 0.6 is 11.8 Å². The molecule has 20 heavy (non-hydrogen) atoms. The van der Waals surface area contributed by atoms with Gasteiger partial charge in [-0.25, -0.2) is 0 Å². The molecule has 106 valence electrons. The second-order valence-electron chi connectivity index (χ2n) is 4.02. The van der Waals surface area contributed by atoms with Gasteiger partial charge in [0.1, 0.15) is 5.75 Å². The van der Waals surface area contributed by atoms with E-state index in [1.165, 1.54) is 11.8 Å². The van der Waals surface area contributed by atoms with Crippen molar-refractivity contribution in [3.63, 3.8) is 0 Å². The minimum Gasteiger partial charge on any atom is -0.495 e. The van der Waals surface area contributed by atoms with E-state index >= 15 is 0 Å². The Morgan fingerprint density at radius 1 is 1.45 bits per heavy atom. The average molecular weight is 293 g/mol. The summed E-state index contributed by atoms with van der Waals surface area (Å²) in [6.07, 6.45) is 1.87. The van der Waals surface area contributed by atoms with Crippen LogP contribution in [0.5, 0.6) is 5.75 Å². The van der Waals surface area contributed by atoms with Gasteiger partial charge >= 0.3 is 0 Å². The molecule has 0 aliphatic carbocycles. The number of thioether (sulfide) groups is 1. The average Bonchev–Trinajstić information content (AvgIpc) is 2.85. The Balaban J connectivity index is 2.31. The number of nitrogens with zero attached hydrogens (tertiary/aromatic N) is 2. The molecule has 0 atom stereocenters. The first-order valence-electron chi connectivity index (χ1n) is 5.91. The van der Waals surface area contributed by atoms with E-state index in [0.717, 1.165) is 5.56 Å². The molecular formula is C13H15N3O3S. The summed E-state index contributed by atoms with van der Waals surface area (Å²) in [5.74, 6) is 1.77. The number of aromatic nitrogens is 2. The van der Waals surface area contributed by atoms with Crippen molar-refractivity contribution in [3.8, 4) is 17.2 Å². The van der Waals surface area contributed by atoms with Crippen molar-refractivity contribution in [2.75, 3.05) is 24.4 Å². The molecule has 1 N–H and O–H groups in total. The van der Waals surface area contributed by atoms with Crippen LogP contribution in [0.25, 0.3) is 11.5 Å². The Hall–Kier alpha value is -2.02. The zero-order chi connectivity index (χ0) is 14.5. The van der Waals surface area contributed by atoms with Gasteiger partial charge in [0, 0.05) is 12.5 Å². The molecule has 0 unspecified atom stereocenters. The molecule has 0 spiro atoms. The largest absolute Gasteiger partial charge is 0.495 e. The summed E-state index contributed by atoms with van der Waals surface area (Å²) >= 11 is 1.45. The van der Waals surface area contributed by atoms with E-state index in [4.69, 9.17) is 9.15 Å². The van der Waals surface area contributed by atoms with Gasteiger partial charge in [0.2, 0.25) is 17.7 Å². The summed E-state index contributed by atoms with van der Waals surface area (Å²) in [4.78, 5) is 11.7. The SMILES string of the molecule is COc1ccc(-c2nnc(C)o2)cc1NC(=O)CSC. The molecule has 1 aromatic heterocycles. The summed E-state index contributed by atoms with van der Waals surface area (Å²) in [5, 5.41) is 10.5. The number of hydrogen-bond acceptors (Lipinski definition) is 6. The van der Waals surface area contributed by atoms with Gasteiger partial charge in [-0.2, -0.15) is 11.8 Å². The lowest BCUT2D eigenvalue weighted by atomic mass is 10.2. The van der Waals surface area contributed by atoms with Crippen LogP contribution in [0.3, 0.4) is 0 Å². The highest BCUT2D eigenvalue weighted by Gasteiger charge is 2.12. The maximum atomic E-state index is 11.7. The number of carbonyl (C=O) groups excluding carboxylic acids is 1. The fourth-order valence-electron chi connectivity index (χ4n) is 1.67. The number of nitrogens with one attached hydrogen (secondary N) is 1. The van der Waals surface area contributed by atoms with Crippen LogP contribution in [-0.4, -0.2) is 35.2 Å². The topological polar surface area (TPSA) is 77.2 Å². The van der Waals surface area contributed by atoms with Crippen molar-refractivity contribution < 1.29 is 13.9 Å². The number of aryl methyl sites for hydroxylation is 1. The van der Waals surface area contributed by atoms with Crippen molar-refractivity contribution >= 4 is 23.4 Å². The zero-order valence-corrected chi connectivity index (χ0v) is 12.3. The highest BCUT2D eigenvalue weighted by atomic mass is 32.2. The second-order valence-corrected chi connectivity index (χ2v) is 4.89. The van der Waals surface area contributed by atoms with Gasteiger partial charge in [-0.15, -0.1) is 10.2 Å². The van der Waals surface area contributed by atoms with Crippen LogP contribution in [0.4, 0.5) is 5.69 Å². The normalized spacial score (nSPS) is 10.3. The second kappa shape index (κ2) is 6.42. The van der Waals surface area contributed by atoms with Crippen LogP contribution < -0.4 is 10.1 Å². The third-order valence-electron chi connectivity index (χ3n) is 2.52. The molecule has 1 amide bonds. The molecule has 6 nitrogen and oxygen atoms in total. The highest BCUT2D eigenvalue weighted by Crippen LogP contribution is 2.30. The Bertz CT molecular complexity index is 613. The third-order valence-corrected chi connectivity index (χ3v) is 3.07. The molecular weight excluding hydrogens is 278 g/mol. The van der Waals surface area contributed by atoms with Gasteiger partial charge in [0.05, 0.1) is 18.6 Å². The summed E-state index contributed by atoms with van der Waals surface area (Å²) in [6, 6.07) is 5.31. The number of carbonyl (C=O) groups is 1. The van der Waals surface area contributed by atoms with Crippen LogP contribution in [-0.2, 0) is 4.79 Å². The predicted molar refractivity (Wildman–Crippen MR) is 78.0 cm³/mol. The number of methoxy groups -OCH3 is 1. The minimum atomic E-state index is -0.0883. The summed E-state index contributed by atoms with van der Waals surface area (Å²) in [7, 11) is 1.55. The molecule has 7 heteroatoms. The molecule has 0 saturated heterocycles. The van der Waals surface area contributed by atoms with Crippen LogP contribution in [0.15, 0.2) is 22.6 Å². The van der Waals surface area contributed by atoms with Gasteiger partial charge in [-0.05, 0) is 24.5 Å². The van der Waals surface area contributed by atoms with E-state index in [-0.39, 0.29) is 5.91 Å².